The van der Waals surface area contributed by atoms with Crippen LogP contribution in [0.4, 0.5) is 22.0 Å². The van der Waals surface area contributed by atoms with Crippen LogP contribution in [0.2, 0.25) is 0 Å². The molecule has 0 fully saturated rings. The lowest BCUT2D eigenvalue weighted by Crippen LogP contribution is -2.24. The molecule has 0 saturated heterocycles. The minimum absolute atomic E-state index is 0.366. The Morgan fingerprint density at radius 1 is 1.06 bits per heavy atom. The number of hydrogen-bond donors (Lipinski definition) is 1. The van der Waals surface area contributed by atoms with Gasteiger partial charge in [0.1, 0.15) is 6.10 Å². The van der Waals surface area contributed by atoms with E-state index in [2.05, 4.69) is 0 Å². The van der Waals surface area contributed by atoms with Crippen molar-refractivity contribution in [2.24, 2.45) is 0 Å². The second-order valence-corrected chi connectivity index (χ2v) is 3.44. The molecule has 0 radical (unpaired) electrons. The number of benzene rings is 1. The Morgan fingerprint density at radius 2 is 1.56 bits per heavy atom. The third kappa shape index (κ3) is 2.69. The molecule has 1 aromatic carbocycles. The van der Waals surface area contributed by atoms with Gasteiger partial charge in [-0.05, 0) is 11.6 Å². The van der Waals surface area contributed by atoms with Crippen LogP contribution in [0, 0.1) is 0 Å². The summed E-state index contributed by atoms with van der Waals surface area (Å²) in [4.78, 5) is 0. The fourth-order valence-electron chi connectivity index (χ4n) is 1.27. The van der Waals surface area contributed by atoms with Gasteiger partial charge in [0.15, 0.2) is 0 Å². The molecule has 1 rings (SSSR count). The molecule has 1 atom stereocenters. The molecule has 0 aliphatic rings. The van der Waals surface area contributed by atoms with Crippen molar-refractivity contribution in [3.05, 3.63) is 35.4 Å². The van der Waals surface area contributed by atoms with Crippen molar-refractivity contribution < 1.29 is 27.1 Å². The summed E-state index contributed by atoms with van der Waals surface area (Å²) >= 11 is 0. The number of rotatable bonds is 2. The summed E-state index contributed by atoms with van der Waals surface area (Å²) in [6.07, 6.45) is -7.23. The lowest BCUT2D eigenvalue weighted by atomic mass is 9.98. The second-order valence-electron chi connectivity index (χ2n) is 3.44. The first kappa shape index (κ1) is 12.9. The van der Waals surface area contributed by atoms with Crippen molar-refractivity contribution in [3.8, 4) is 0 Å². The van der Waals surface area contributed by atoms with Crippen molar-refractivity contribution in [1.29, 1.82) is 0 Å². The van der Waals surface area contributed by atoms with Crippen molar-refractivity contribution in [1.82, 2.24) is 0 Å². The molecule has 6 heteroatoms. The average Bonchev–Trinajstić information content (AvgIpc) is 2.14. The number of halogens is 5. The normalized spacial score (nSPS) is 14.9. The van der Waals surface area contributed by atoms with Crippen LogP contribution in [0.25, 0.3) is 0 Å². The third-order valence-corrected chi connectivity index (χ3v) is 2.04. The van der Waals surface area contributed by atoms with Gasteiger partial charge in [0.2, 0.25) is 0 Å². The van der Waals surface area contributed by atoms with Gasteiger partial charge in [-0.2, -0.15) is 13.2 Å². The van der Waals surface area contributed by atoms with E-state index in [9.17, 15) is 22.0 Å². The zero-order valence-corrected chi connectivity index (χ0v) is 8.22. The first-order chi connectivity index (χ1) is 7.14. The minimum atomic E-state index is -4.76. The Labute approximate surface area is 88.5 Å². The second kappa shape index (κ2) is 4.01. The van der Waals surface area contributed by atoms with Crippen LogP contribution in [0.5, 0.6) is 0 Å². The molecule has 0 bridgehead atoms. The first-order valence-corrected chi connectivity index (χ1v) is 4.36. The molecule has 0 spiro atoms. The fourth-order valence-corrected chi connectivity index (χ4v) is 1.27. The molecule has 0 aliphatic heterocycles. The van der Waals surface area contributed by atoms with Gasteiger partial charge < -0.3 is 5.11 Å². The summed E-state index contributed by atoms with van der Waals surface area (Å²) in [6.45, 7) is 0.366. The van der Waals surface area contributed by atoms with Crippen molar-refractivity contribution in [2.45, 2.75) is 25.1 Å². The molecule has 0 aromatic heterocycles. The van der Waals surface area contributed by atoms with Crippen LogP contribution in [0.15, 0.2) is 24.3 Å². The Balaban J connectivity index is 3.25. The summed E-state index contributed by atoms with van der Waals surface area (Å²) in [5.74, 6) is -3.62. The average molecular weight is 240 g/mol. The van der Waals surface area contributed by atoms with E-state index in [1.165, 1.54) is 6.07 Å². The molecule has 1 nitrogen and oxygen atoms in total. The van der Waals surface area contributed by atoms with Crippen LogP contribution >= 0.6 is 0 Å². The maximum atomic E-state index is 12.8. The van der Waals surface area contributed by atoms with Crippen LogP contribution in [0.3, 0.4) is 0 Å². The van der Waals surface area contributed by atoms with Crippen LogP contribution in [-0.4, -0.2) is 11.0 Å². The predicted molar refractivity (Wildman–Crippen MR) is 47.0 cm³/mol. The Bertz CT molecular complexity index is 366. The number of hydrogen-bond acceptors (Lipinski definition) is 1. The predicted octanol–water partition coefficient (Wildman–Crippen LogP) is 3.39. The van der Waals surface area contributed by atoms with Gasteiger partial charge >= 0.3 is 6.18 Å². The van der Waals surface area contributed by atoms with Gasteiger partial charge in [-0.1, -0.05) is 18.2 Å². The van der Waals surface area contributed by atoms with Gasteiger partial charge in [0.25, 0.3) is 5.92 Å². The summed E-state index contributed by atoms with van der Waals surface area (Å²) in [6, 6.07) is 3.74. The van der Waals surface area contributed by atoms with E-state index < -0.39 is 29.3 Å². The number of aliphatic hydroxyl groups is 1. The van der Waals surface area contributed by atoms with E-state index in [1.54, 1.807) is 0 Å². The molecule has 90 valence electrons. The van der Waals surface area contributed by atoms with E-state index in [1.807, 2.05) is 0 Å². The summed E-state index contributed by atoms with van der Waals surface area (Å²) in [5.41, 5.74) is -2.06. The highest BCUT2D eigenvalue weighted by molar-refractivity contribution is 5.32. The maximum Gasteiger partial charge on any atom is 0.416 e. The van der Waals surface area contributed by atoms with Gasteiger partial charge in [-0.15, -0.1) is 0 Å². The van der Waals surface area contributed by atoms with Crippen molar-refractivity contribution in [2.75, 3.05) is 0 Å². The molecule has 1 unspecified atom stereocenters. The highest BCUT2D eigenvalue weighted by Gasteiger charge is 2.41. The molecular formula is C10H9F5O. The summed E-state index contributed by atoms with van der Waals surface area (Å²) in [7, 11) is 0. The molecule has 0 aliphatic carbocycles. The van der Waals surface area contributed by atoms with E-state index >= 15 is 0 Å². The lowest BCUT2D eigenvalue weighted by molar-refractivity contribution is -0.143. The first-order valence-electron chi connectivity index (χ1n) is 4.36. The molecule has 1 N–H and O–H groups in total. The largest absolute Gasteiger partial charge is 0.416 e. The molecule has 0 amide bonds. The highest BCUT2D eigenvalue weighted by Crippen LogP contribution is 2.39. The third-order valence-electron chi connectivity index (χ3n) is 2.04. The van der Waals surface area contributed by atoms with Gasteiger partial charge in [0, 0.05) is 6.92 Å². The maximum absolute atomic E-state index is 12.8. The zero-order chi connectivity index (χ0) is 12.6. The molecular weight excluding hydrogens is 231 g/mol. The SMILES string of the molecule is CC(F)(F)C(O)c1ccccc1C(F)(F)F. The summed E-state index contributed by atoms with van der Waals surface area (Å²) < 4.78 is 62.8. The highest BCUT2D eigenvalue weighted by atomic mass is 19.4. The van der Waals surface area contributed by atoms with E-state index in [0.29, 0.717) is 13.0 Å². The van der Waals surface area contributed by atoms with E-state index in [0.717, 1.165) is 12.1 Å². The van der Waals surface area contributed by atoms with Crippen LogP contribution in [0.1, 0.15) is 24.2 Å². The Morgan fingerprint density at radius 3 is 2.00 bits per heavy atom. The quantitative estimate of drug-likeness (QED) is 0.785. The van der Waals surface area contributed by atoms with Crippen LogP contribution < -0.4 is 0 Å². The topological polar surface area (TPSA) is 20.2 Å². The monoisotopic (exact) mass is 240 g/mol. The smallest absolute Gasteiger partial charge is 0.382 e. The Hall–Kier alpha value is -1.17. The molecule has 1 aromatic rings. The molecule has 0 saturated carbocycles. The van der Waals surface area contributed by atoms with Crippen LogP contribution in [-0.2, 0) is 6.18 Å². The summed E-state index contributed by atoms with van der Waals surface area (Å²) in [5, 5.41) is 9.15. The fraction of sp³-hybridized carbons (Fsp3) is 0.400. The van der Waals surface area contributed by atoms with Crippen molar-refractivity contribution in [3.63, 3.8) is 0 Å². The number of alkyl halides is 5. The standard InChI is InChI=1S/C10H9F5O/c1-9(11,12)8(16)6-4-2-3-5-7(6)10(13,14)15/h2-5,8,16H,1H3. The Kier molecular flexibility index (Phi) is 3.23. The van der Waals surface area contributed by atoms with E-state index in [-0.39, 0.29) is 0 Å². The lowest BCUT2D eigenvalue weighted by Gasteiger charge is -2.22. The minimum Gasteiger partial charge on any atom is -0.382 e. The van der Waals surface area contributed by atoms with E-state index in [4.69, 9.17) is 5.11 Å². The van der Waals surface area contributed by atoms with Gasteiger partial charge in [-0.3, -0.25) is 0 Å². The van der Waals surface area contributed by atoms with Gasteiger partial charge in [-0.25, -0.2) is 8.78 Å². The zero-order valence-electron chi connectivity index (χ0n) is 8.22. The van der Waals surface area contributed by atoms with Crippen molar-refractivity contribution >= 4 is 0 Å². The number of aliphatic hydroxyl groups excluding tert-OH is 1. The molecule has 0 heterocycles. The molecule has 16 heavy (non-hydrogen) atoms. The van der Waals surface area contributed by atoms with Gasteiger partial charge in [0.05, 0.1) is 5.56 Å².